The van der Waals surface area contributed by atoms with Gasteiger partial charge in [0.15, 0.2) is 5.96 Å². The average molecular weight is 212 g/mol. The van der Waals surface area contributed by atoms with Crippen LogP contribution in [0.25, 0.3) is 0 Å². The molecule has 0 aromatic rings. The van der Waals surface area contributed by atoms with E-state index in [2.05, 4.69) is 43.0 Å². The number of nitrogens with zero attached hydrogens (tertiary/aromatic N) is 2. The van der Waals surface area contributed by atoms with Gasteiger partial charge in [-0.3, -0.25) is 4.99 Å². The Hall–Kier alpha value is -0.770. The zero-order valence-electron chi connectivity index (χ0n) is 10.4. The number of hydrogen-bond donors (Lipinski definition) is 2. The maximum atomic E-state index is 5.85. The maximum Gasteiger partial charge on any atom is 0.189 e. The molecule has 0 radical (unpaired) electrons. The van der Waals surface area contributed by atoms with Crippen LogP contribution < -0.4 is 11.1 Å². The highest BCUT2D eigenvalue weighted by atomic mass is 15.2. The summed E-state index contributed by atoms with van der Waals surface area (Å²) in [7, 11) is 2.15. The molecule has 0 aromatic heterocycles. The SMILES string of the molecule is CN1CCC(N=C(N)NC(C)(C)C)CC1. The van der Waals surface area contributed by atoms with Crippen LogP contribution in [0, 0.1) is 0 Å². The van der Waals surface area contributed by atoms with E-state index in [0.29, 0.717) is 12.0 Å². The van der Waals surface area contributed by atoms with Crippen LogP contribution in [0.5, 0.6) is 0 Å². The van der Waals surface area contributed by atoms with Gasteiger partial charge in [0.25, 0.3) is 0 Å². The van der Waals surface area contributed by atoms with Crippen molar-refractivity contribution in [2.24, 2.45) is 10.7 Å². The smallest absolute Gasteiger partial charge is 0.189 e. The Morgan fingerprint density at radius 2 is 1.87 bits per heavy atom. The fourth-order valence-electron chi connectivity index (χ4n) is 1.74. The lowest BCUT2D eigenvalue weighted by Gasteiger charge is -2.28. The van der Waals surface area contributed by atoms with Gasteiger partial charge >= 0.3 is 0 Å². The maximum absolute atomic E-state index is 5.85. The van der Waals surface area contributed by atoms with Crippen LogP contribution in [0.3, 0.4) is 0 Å². The lowest BCUT2D eigenvalue weighted by Crippen LogP contribution is -2.46. The summed E-state index contributed by atoms with van der Waals surface area (Å²) in [6.45, 7) is 8.51. The minimum absolute atomic E-state index is 0.000951. The number of likely N-dealkylation sites (tertiary alicyclic amines) is 1. The van der Waals surface area contributed by atoms with Gasteiger partial charge < -0.3 is 16.0 Å². The molecule has 0 amide bonds. The minimum atomic E-state index is -0.000951. The highest BCUT2D eigenvalue weighted by Gasteiger charge is 2.17. The molecule has 1 aliphatic rings. The highest BCUT2D eigenvalue weighted by molar-refractivity contribution is 5.78. The van der Waals surface area contributed by atoms with E-state index in [-0.39, 0.29) is 5.54 Å². The third kappa shape index (κ3) is 5.02. The Bertz CT molecular complexity index is 221. The van der Waals surface area contributed by atoms with Gasteiger partial charge in [-0.05, 0) is 53.8 Å². The van der Waals surface area contributed by atoms with Crippen LogP contribution in [0.4, 0.5) is 0 Å². The van der Waals surface area contributed by atoms with E-state index in [0.717, 1.165) is 25.9 Å². The molecular weight excluding hydrogens is 188 g/mol. The third-order valence-corrected chi connectivity index (χ3v) is 2.51. The molecule has 1 aliphatic heterocycles. The summed E-state index contributed by atoms with van der Waals surface area (Å²) in [6, 6.07) is 0.399. The quantitative estimate of drug-likeness (QED) is 0.499. The summed E-state index contributed by atoms with van der Waals surface area (Å²) in [5.74, 6) is 0.581. The van der Waals surface area contributed by atoms with E-state index < -0.39 is 0 Å². The Balaban J connectivity index is 2.41. The number of guanidine groups is 1. The van der Waals surface area contributed by atoms with Crippen molar-refractivity contribution in [2.75, 3.05) is 20.1 Å². The second-order valence-corrected chi connectivity index (χ2v) is 5.42. The van der Waals surface area contributed by atoms with E-state index in [1.165, 1.54) is 0 Å². The largest absolute Gasteiger partial charge is 0.370 e. The van der Waals surface area contributed by atoms with Crippen molar-refractivity contribution in [3.63, 3.8) is 0 Å². The molecule has 0 aromatic carbocycles. The highest BCUT2D eigenvalue weighted by Crippen LogP contribution is 2.11. The molecule has 1 rings (SSSR count). The zero-order chi connectivity index (χ0) is 11.5. The summed E-state index contributed by atoms with van der Waals surface area (Å²) in [6.07, 6.45) is 2.23. The van der Waals surface area contributed by atoms with Crippen molar-refractivity contribution in [1.82, 2.24) is 10.2 Å². The molecule has 88 valence electrons. The lowest BCUT2D eigenvalue weighted by molar-refractivity contribution is 0.256. The molecule has 0 unspecified atom stereocenters. The first-order valence-corrected chi connectivity index (χ1v) is 5.67. The Labute approximate surface area is 92.9 Å². The third-order valence-electron chi connectivity index (χ3n) is 2.51. The number of piperidine rings is 1. The van der Waals surface area contributed by atoms with Gasteiger partial charge in [0.1, 0.15) is 0 Å². The first-order chi connectivity index (χ1) is 6.87. The van der Waals surface area contributed by atoms with Crippen LogP contribution in [0.1, 0.15) is 33.6 Å². The topological polar surface area (TPSA) is 53.6 Å². The first-order valence-electron chi connectivity index (χ1n) is 5.67. The fourth-order valence-corrected chi connectivity index (χ4v) is 1.74. The van der Waals surface area contributed by atoms with Crippen LogP contribution in [0.2, 0.25) is 0 Å². The molecule has 1 saturated heterocycles. The van der Waals surface area contributed by atoms with Gasteiger partial charge in [-0.1, -0.05) is 0 Å². The van der Waals surface area contributed by atoms with E-state index in [4.69, 9.17) is 5.73 Å². The molecular formula is C11H24N4. The molecule has 4 heteroatoms. The summed E-state index contributed by atoms with van der Waals surface area (Å²) in [5.41, 5.74) is 5.85. The summed E-state index contributed by atoms with van der Waals surface area (Å²) in [5, 5.41) is 3.19. The second kappa shape index (κ2) is 4.84. The van der Waals surface area contributed by atoms with E-state index in [1.807, 2.05) is 0 Å². The number of aliphatic imine (C=N–C) groups is 1. The Morgan fingerprint density at radius 3 is 2.33 bits per heavy atom. The average Bonchev–Trinajstić information content (AvgIpc) is 2.05. The predicted molar refractivity (Wildman–Crippen MR) is 65.0 cm³/mol. The predicted octanol–water partition coefficient (Wildman–Crippen LogP) is 0.783. The van der Waals surface area contributed by atoms with Gasteiger partial charge in [-0.25, -0.2) is 0 Å². The van der Waals surface area contributed by atoms with Gasteiger partial charge in [-0.15, -0.1) is 0 Å². The molecule has 3 N–H and O–H groups in total. The number of nitrogens with two attached hydrogens (primary N) is 1. The molecule has 0 spiro atoms. The molecule has 1 fully saturated rings. The monoisotopic (exact) mass is 212 g/mol. The fraction of sp³-hybridized carbons (Fsp3) is 0.909. The lowest BCUT2D eigenvalue weighted by atomic mass is 10.1. The normalized spacial score (nSPS) is 21.7. The van der Waals surface area contributed by atoms with Gasteiger partial charge in [0, 0.05) is 5.54 Å². The van der Waals surface area contributed by atoms with Crippen LogP contribution in [-0.4, -0.2) is 42.6 Å². The second-order valence-electron chi connectivity index (χ2n) is 5.42. The van der Waals surface area contributed by atoms with Crippen molar-refractivity contribution < 1.29 is 0 Å². The number of rotatable bonds is 1. The Morgan fingerprint density at radius 1 is 1.33 bits per heavy atom. The van der Waals surface area contributed by atoms with E-state index >= 15 is 0 Å². The van der Waals surface area contributed by atoms with Crippen LogP contribution in [-0.2, 0) is 0 Å². The van der Waals surface area contributed by atoms with E-state index in [9.17, 15) is 0 Å². The van der Waals surface area contributed by atoms with Crippen molar-refractivity contribution in [3.05, 3.63) is 0 Å². The Kier molecular flexibility index (Phi) is 3.97. The zero-order valence-corrected chi connectivity index (χ0v) is 10.4. The summed E-state index contributed by atoms with van der Waals surface area (Å²) in [4.78, 5) is 6.85. The first kappa shape index (κ1) is 12.3. The standard InChI is InChI=1S/C11H24N4/c1-11(2,3)14-10(12)13-9-5-7-15(4)8-6-9/h9H,5-8H2,1-4H3,(H3,12,13,14). The van der Waals surface area contributed by atoms with Gasteiger partial charge in [0.2, 0.25) is 0 Å². The number of hydrogen-bond acceptors (Lipinski definition) is 2. The molecule has 0 atom stereocenters. The van der Waals surface area contributed by atoms with Crippen molar-refractivity contribution in [1.29, 1.82) is 0 Å². The molecule has 0 bridgehead atoms. The van der Waals surface area contributed by atoms with Gasteiger partial charge in [0.05, 0.1) is 6.04 Å². The summed E-state index contributed by atoms with van der Waals surface area (Å²) < 4.78 is 0. The van der Waals surface area contributed by atoms with Crippen molar-refractivity contribution >= 4 is 5.96 Å². The van der Waals surface area contributed by atoms with E-state index in [1.54, 1.807) is 0 Å². The van der Waals surface area contributed by atoms with Gasteiger partial charge in [-0.2, -0.15) is 0 Å². The van der Waals surface area contributed by atoms with Crippen LogP contribution >= 0.6 is 0 Å². The molecule has 4 nitrogen and oxygen atoms in total. The minimum Gasteiger partial charge on any atom is -0.370 e. The summed E-state index contributed by atoms with van der Waals surface area (Å²) >= 11 is 0. The molecule has 0 saturated carbocycles. The van der Waals surface area contributed by atoms with Crippen molar-refractivity contribution in [3.8, 4) is 0 Å². The van der Waals surface area contributed by atoms with Crippen molar-refractivity contribution in [2.45, 2.75) is 45.2 Å². The molecule has 15 heavy (non-hydrogen) atoms. The molecule has 0 aliphatic carbocycles. The number of nitrogens with one attached hydrogen (secondary N) is 1. The molecule has 1 heterocycles. The van der Waals surface area contributed by atoms with Crippen LogP contribution in [0.15, 0.2) is 4.99 Å².